The van der Waals surface area contributed by atoms with Crippen molar-refractivity contribution < 1.29 is 19.7 Å². The molecule has 16 heavy (non-hydrogen) atoms. The predicted molar refractivity (Wildman–Crippen MR) is 62.0 cm³/mol. The number of hydrogen-bond acceptors (Lipinski definition) is 3. The maximum Gasteiger partial charge on any atom is 0.312 e. The minimum Gasteiger partial charge on any atom is -0.481 e. The molecule has 0 rings (SSSR count). The monoisotopic (exact) mass is 232 g/mol. The highest BCUT2D eigenvalue weighted by Gasteiger charge is 2.42. The number of carbonyl (C=O) groups is 1. The molecule has 0 amide bonds. The van der Waals surface area contributed by atoms with Gasteiger partial charge in [-0.3, -0.25) is 4.79 Å². The molecule has 0 heterocycles. The smallest absolute Gasteiger partial charge is 0.312 e. The molecule has 0 radical (unpaired) electrons. The zero-order valence-electron chi connectivity index (χ0n) is 11.2. The third-order valence-electron chi connectivity index (χ3n) is 2.91. The molecule has 0 aliphatic carbocycles. The van der Waals surface area contributed by atoms with Gasteiger partial charge in [-0.15, -0.1) is 0 Å². The van der Waals surface area contributed by atoms with E-state index in [9.17, 15) is 9.90 Å². The molecule has 1 atom stereocenters. The van der Waals surface area contributed by atoms with Gasteiger partial charge in [-0.05, 0) is 40.5 Å². The van der Waals surface area contributed by atoms with Gasteiger partial charge in [-0.1, -0.05) is 13.8 Å². The lowest BCUT2D eigenvalue weighted by Crippen LogP contribution is -2.42. The summed E-state index contributed by atoms with van der Waals surface area (Å²) in [7, 11) is 0. The highest BCUT2D eigenvalue weighted by Crippen LogP contribution is 2.33. The summed E-state index contributed by atoms with van der Waals surface area (Å²) in [6.45, 7) is 11.0. The first-order valence-corrected chi connectivity index (χ1v) is 5.77. The van der Waals surface area contributed by atoms with Crippen molar-refractivity contribution in [1.29, 1.82) is 0 Å². The van der Waals surface area contributed by atoms with Gasteiger partial charge in [0.2, 0.25) is 0 Å². The molecular weight excluding hydrogens is 208 g/mol. The number of aliphatic carboxylic acids is 1. The molecular formula is C12H24O4. The van der Waals surface area contributed by atoms with Crippen LogP contribution >= 0.6 is 0 Å². The molecule has 1 N–H and O–H groups in total. The van der Waals surface area contributed by atoms with Gasteiger partial charge in [-0.25, -0.2) is 9.78 Å². The van der Waals surface area contributed by atoms with Gasteiger partial charge in [0.25, 0.3) is 0 Å². The number of hydrogen-bond donors (Lipinski definition) is 1. The SMILES string of the molecule is CCC(CC)(C(=O)O)C(C)OOC(C)(C)C. The van der Waals surface area contributed by atoms with Crippen LogP contribution in [0.4, 0.5) is 0 Å². The molecule has 0 spiro atoms. The van der Waals surface area contributed by atoms with Crippen LogP contribution in [0.1, 0.15) is 54.4 Å². The summed E-state index contributed by atoms with van der Waals surface area (Å²) < 4.78 is 0. The fraction of sp³-hybridized carbons (Fsp3) is 0.917. The molecule has 0 aromatic carbocycles. The Bertz CT molecular complexity index is 226. The Kier molecular flexibility index (Phi) is 5.42. The summed E-state index contributed by atoms with van der Waals surface area (Å²) in [4.78, 5) is 21.7. The third-order valence-corrected chi connectivity index (χ3v) is 2.91. The predicted octanol–water partition coefficient (Wildman–Crippen LogP) is 3.01. The van der Waals surface area contributed by atoms with Crippen LogP contribution < -0.4 is 0 Å². The average Bonchev–Trinajstić information content (AvgIpc) is 2.16. The molecule has 0 aliphatic heterocycles. The van der Waals surface area contributed by atoms with Gasteiger partial charge in [0, 0.05) is 0 Å². The van der Waals surface area contributed by atoms with Crippen LogP contribution in [0, 0.1) is 5.41 Å². The van der Waals surface area contributed by atoms with E-state index in [1.165, 1.54) is 0 Å². The quantitative estimate of drug-likeness (QED) is 0.565. The van der Waals surface area contributed by atoms with Crippen molar-refractivity contribution in [2.75, 3.05) is 0 Å². The van der Waals surface area contributed by atoms with Crippen LogP contribution in [0.2, 0.25) is 0 Å². The Hall–Kier alpha value is -0.610. The zero-order chi connectivity index (χ0) is 13.0. The van der Waals surface area contributed by atoms with Crippen LogP contribution in [0.25, 0.3) is 0 Å². The summed E-state index contributed by atoms with van der Waals surface area (Å²) in [6.07, 6.45) is 0.570. The van der Waals surface area contributed by atoms with Gasteiger partial charge in [0.15, 0.2) is 0 Å². The Morgan fingerprint density at radius 1 is 1.25 bits per heavy atom. The van der Waals surface area contributed by atoms with Gasteiger partial charge in [0.05, 0.1) is 11.0 Å². The summed E-state index contributed by atoms with van der Waals surface area (Å²) in [5.41, 5.74) is -1.30. The lowest BCUT2D eigenvalue weighted by Gasteiger charge is -2.33. The molecule has 0 aliphatic rings. The molecule has 4 heteroatoms. The summed E-state index contributed by atoms with van der Waals surface area (Å²) >= 11 is 0. The van der Waals surface area contributed by atoms with E-state index in [0.29, 0.717) is 12.8 Å². The summed E-state index contributed by atoms with van der Waals surface area (Å²) in [6, 6.07) is 0. The van der Waals surface area contributed by atoms with Crippen molar-refractivity contribution in [2.45, 2.75) is 66.1 Å². The fourth-order valence-electron chi connectivity index (χ4n) is 1.61. The van der Waals surface area contributed by atoms with Crippen LogP contribution in [0.5, 0.6) is 0 Å². The van der Waals surface area contributed by atoms with E-state index in [1.54, 1.807) is 6.92 Å². The van der Waals surface area contributed by atoms with E-state index in [2.05, 4.69) is 0 Å². The number of carboxylic acids is 1. The second-order valence-electron chi connectivity index (χ2n) is 5.10. The van der Waals surface area contributed by atoms with Crippen LogP contribution in [-0.2, 0) is 14.6 Å². The van der Waals surface area contributed by atoms with Crippen molar-refractivity contribution in [1.82, 2.24) is 0 Å². The van der Waals surface area contributed by atoms with E-state index in [1.807, 2.05) is 34.6 Å². The molecule has 0 saturated carbocycles. The molecule has 1 unspecified atom stereocenters. The minimum absolute atomic E-state index is 0.431. The zero-order valence-corrected chi connectivity index (χ0v) is 11.2. The van der Waals surface area contributed by atoms with Crippen molar-refractivity contribution in [3.05, 3.63) is 0 Å². The minimum atomic E-state index is -0.870. The summed E-state index contributed by atoms with van der Waals surface area (Å²) in [5, 5.41) is 9.29. The van der Waals surface area contributed by atoms with Crippen LogP contribution in [-0.4, -0.2) is 22.8 Å². The summed E-state index contributed by atoms with van der Waals surface area (Å²) in [5.74, 6) is -0.831. The lowest BCUT2D eigenvalue weighted by molar-refractivity contribution is -0.383. The Morgan fingerprint density at radius 3 is 1.94 bits per heavy atom. The normalized spacial score (nSPS) is 14.9. The van der Waals surface area contributed by atoms with E-state index >= 15 is 0 Å². The van der Waals surface area contributed by atoms with Gasteiger partial charge in [0.1, 0.15) is 6.10 Å². The highest BCUT2D eigenvalue weighted by atomic mass is 17.2. The molecule has 4 nitrogen and oxygen atoms in total. The highest BCUT2D eigenvalue weighted by molar-refractivity contribution is 5.75. The maximum absolute atomic E-state index is 11.3. The molecule has 0 fully saturated rings. The number of carboxylic acid groups (broad SMARTS) is 1. The molecule has 0 bridgehead atoms. The topological polar surface area (TPSA) is 55.8 Å². The molecule has 0 aromatic heterocycles. The van der Waals surface area contributed by atoms with Gasteiger partial charge in [-0.2, -0.15) is 0 Å². The second kappa shape index (κ2) is 5.64. The van der Waals surface area contributed by atoms with E-state index in [-0.39, 0.29) is 0 Å². The molecule has 96 valence electrons. The Morgan fingerprint density at radius 2 is 1.69 bits per heavy atom. The Balaban J connectivity index is 4.64. The second-order valence-corrected chi connectivity index (χ2v) is 5.10. The fourth-order valence-corrected chi connectivity index (χ4v) is 1.61. The van der Waals surface area contributed by atoms with Crippen molar-refractivity contribution in [2.24, 2.45) is 5.41 Å². The first-order valence-electron chi connectivity index (χ1n) is 5.77. The van der Waals surface area contributed by atoms with Gasteiger partial charge >= 0.3 is 5.97 Å². The first-order chi connectivity index (χ1) is 7.19. The van der Waals surface area contributed by atoms with Crippen molar-refractivity contribution >= 4 is 5.97 Å². The third kappa shape index (κ3) is 3.76. The van der Waals surface area contributed by atoms with Crippen molar-refractivity contribution in [3.63, 3.8) is 0 Å². The average molecular weight is 232 g/mol. The lowest BCUT2D eigenvalue weighted by atomic mass is 9.78. The van der Waals surface area contributed by atoms with Crippen LogP contribution in [0.15, 0.2) is 0 Å². The van der Waals surface area contributed by atoms with Gasteiger partial charge < -0.3 is 5.11 Å². The molecule has 0 saturated heterocycles. The first kappa shape index (κ1) is 15.4. The Labute approximate surface area is 97.9 Å². The van der Waals surface area contributed by atoms with E-state index < -0.39 is 23.1 Å². The largest absolute Gasteiger partial charge is 0.481 e. The van der Waals surface area contributed by atoms with Crippen molar-refractivity contribution in [3.8, 4) is 0 Å². The standard InChI is InChI=1S/C12H24O4/c1-7-12(8-2,10(13)14)9(3)15-16-11(4,5)6/h9H,7-8H2,1-6H3,(H,13,14). The number of rotatable bonds is 6. The van der Waals surface area contributed by atoms with E-state index in [0.717, 1.165) is 0 Å². The van der Waals surface area contributed by atoms with E-state index in [4.69, 9.17) is 9.78 Å². The van der Waals surface area contributed by atoms with Crippen LogP contribution in [0.3, 0.4) is 0 Å². The maximum atomic E-state index is 11.3. The molecule has 0 aromatic rings.